The Hall–Kier alpha value is -2.26. The van der Waals surface area contributed by atoms with Gasteiger partial charge in [0.05, 0.1) is 23.7 Å². The highest BCUT2D eigenvalue weighted by Crippen LogP contribution is 2.17. The van der Waals surface area contributed by atoms with Crippen LogP contribution in [0.2, 0.25) is 0 Å². The molecule has 2 aromatic rings. The predicted octanol–water partition coefficient (Wildman–Crippen LogP) is 2.25. The summed E-state index contributed by atoms with van der Waals surface area (Å²) >= 11 is 0. The first kappa shape index (κ1) is 19.1. The van der Waals surface area contributed by atoms with E-state index in [4.69, 9.17) is 0 Å². The Morgan fingerprint density at radius 2 is 1.96 bits per heavy atom. The van der Waals surface area contributed by atoms with Crippen LogP contribution in [-0.2, 0) is 14.8 Å². The van der Waals surface area contributed by atoms with Crippen molar-refractivity contribution in [1.29, 1.82) is 0 Å². The SMILES string of the molecule is CCC(C)n1nccc1NC(=O)CN(C)S(=O)(=O)c1ccc(F)cc1. The van der Waals surface area contributed by atoms with Crippen molar-refractivity contribution < 1.29 is 17.6 Å². The Kier molecular flexibility index (Phi) is 5.91. The van der Waals surface area contributed by atoms with E-state index in [0.717, 1.165) is 35.0 Å². The number of likely N-dealkylation sites (N-methyl/N-ethyl adjacent to an activating group) is 1. The van der Waals surface area contributed by atoms with Gasteiger partial charge in [-0.1, -0.05) is 6.92 Å². The van der Waals surface area contributed by atoms with Crippen LogP contribution in [0.4, 0.5) is 10.2 Å². The van der Waals surface area contributed by atoms with Crippen LogP contribution in [-0.4, -0.2) is 42.0 Å². The van der Waals surface area contributed by atoms with Crippen molar-refractivity contribution in [1.82, 2.24) is 14.1 Å². The van der Waals surface area contributed by atoms with Gasteiger partial charge in [-0.15, -0.1) is 0 Å². The standard InChI is InChI=1S/C16H21FN4O3S/c1-4-12(2)21-15(9-10-18-21)19-16(22)11-20(3)25(23,24)14-7-5-13(17)6-8-14/h5-10,12H,4,11H2,1-3H3,(H,19,22). The van der Waals surface area contributed by atoms with Crippen molar-refractivity contribution in [3.8, 4) is 0 Å². The van der Waals surface area contributed by atoms with Crippen LogP contribution in [0, 0.1) is 5.82 Å². The summed E-state index contributed by atoms with van der Waals surface area (Å²) in [6, 6.07) is 6.20. The van der Waals surface area contributed by atoms with Gasteiger partial charge in [-0.2, -0.15) is 9.40 Å². The molecule has 1 atom stereocenters. The van der Waals surface area contributed by atoms with Crippen LogP contribution in [0.1, 0.15) is 26.3 Å². The number of nitrogens with one attached hydrogen (secondary N) is 1. The molecule has 2 rings (SSSR count). The molecule has 1 aromatic heterocycles. The van der Waals surface area contributed by atoms with E-state index in [2.05, 4.69) is 10.4 Å². The lowest BCUT2D eigenvalue weighted by atomic mass is 10.3. The number of hydrogen-bond donors (Lipinski definition) is 1. The number of carbonyl (C=O) groups is 1. The number of halogens is 1. The highest BCUT2D eigenvalue weighted by Gasteiger charge is 2.23. The van der Waals surface area contributed by atoms with Gasteiger partial charge in [-0.3, -0.25) is 4.79 Å². The molecule has 0 saturated carbocycles. The molecule has 136 valence electrons. The summed E-state index contributed by atoms with van der Waals surface area (Å²) < 4.78 is 40.4. The molecule has 0 spiro atoms. The van der Waals surface area contributed by atoms with E-state index in [-0.39, 0.29) is 17.5 Å². The van der Waals surface area contributed by atoms with Gasteiger partial charge in [0.15, 0.2) is 0 Å². The fourth-order valence-electron chi connectivity index (χ4n) is 2.19. The van der Waals surface area contributed by atoms with Crippen LogP contribution >= 0.6 is 0 Å². The van der Waals surface area contributed by atoms with E-state index in [1.807, 2.05) is 13.8 Å². The Balaban J connectivity index is 2.07. The Morgan fingerprint density at radius 1 is 1.32 bits per heavy atom. The zero-order valence-corrected chi connectivity index (χ0v) is 15.1. The molecule has 0 fully saturated rings. The van der Waals surface area contributed by atoms with E-state index in [9.17, 15) is 17.6 Å². The number of rotatable bonds is 7. The number of nitrogens with zero attached hydrogens (tertiary/aromatic N) is 3. The second-order valence-electron chi connectivity index (χ2n) is 5.68. The van der Waals surface area contributed by atoms with Crippen molar-refractivity contribution in [2.45, 2.75) is 31.2 Å². The van der Waals surface area contributed by atoms with Crippen molar-refractivity contribution >= 4 is 21.7 Å². The van der Waals surface area contributed by atoms with Gasteiger partial charge in [-0.05, 0) is 37.6 Å². The minimum absolute atomic E-state index is 0.0751. The second-order valence-corrected chi connectivity index (χ2v) is 7.73. The Morgan fingerprint density at radius 3 is 2.56 bits per heavy atom. The zero-order chi connectivity index (χ0) is 18.6. The zero-order valence-electron chi connectivity index (χ0n) is 14.3. The summed E-state index contributed by atoms with van der Waals surface area (Å²) in [5, 5.41) is 6.82. The van der Waals surface area contributed by atoms with E-state index < -0.39 is 21.7 Å². The van der Waals surface area contributed by atoms with Gasteiger partial charge in [0.1, 0.15) is 11.6 Å². The molecule has 1 aromatic carbocycles. The maximum Gasteiger partial charge on any atom is 0.243 e. The summed E-state index contributed by atoms with van der Waals surface area (Å²) in [4.78, 5) is 12.1. The molecule has 1 N–H and O–H groups in total. The number of amides is 1. The van der Waals surface area contributed by atoms with Crippen molar-refractivity contribution in [3.05, 3.63) is 42.3 Å². The van der Waals surface area contributed by atoms with Gasteiger partial charge >= 0.3 is 0 Å². The molecule has 0 saturated heterocycles. The van der Waals surface area contributed by atoms with E-state index in [0.29, 0.717) is 5.82 Å². The highest BCUT2D eigenvalue weighted by atomic mass is 32.2. The molecule has 0 aliphatic carbocycles. The summed E-state index contributed by atoms with van der Waals surface area (Å²) in [5.74, 6) is -0.511. The fraction of sp³-hybridized carbons (Fsp3) is 0.375. The summed E-state index contributed by atoms with van der Waals surface area (Å²) in [7, 11) is -2.58. The second kappa shape index (κ2) is 7.75. The van der Waals surface area contributed by atoms with Crippen molar-refractivity contribution in [3.63, 3.8) is 0 Å². The molecule has 7 nitrogen and oxygen atoms in total. The van der Waals surface area contributed by atoms with Gasteiger partial charge < -0.3 is 5.32 Å². The monoisotopic (exact) mass is 368 g/mol. The molecule has 9 heteroatoms. The van der Waals surface area contributed by atoms with E-state index >= 15 is 0 Å². The molecule has 0 radical (unpaired) electrons. The van der Waals surface area contributed by atoms with Gasteiger partial charge in [0.2, 0.25) is 15.9 Å². The van der Waals surface area contributed by atoms with Crippen LogP contribution in [0.25, 0.3) is 0 Å². The lowest BCUT2D eigenvalue weighted by Gasteiger charge is -2.18. The number of hydrogen-bond acceptors (Lipinski definition) is 4. The predicted molar refractivity (Wildman–Crippen MR) is 92.1 cm³/mol. The number of anilines is 1. The van der Waals surface area contributed by atoms with Crippen LogP contribution in [0.3, 0.4) is 0 Å². The molecule has 0 aliphatic rings. The number of carbonyl (C=O) groups excluding carboxylic acids is 1. The van der Waals surface area contributed by atoms with Gasteiger partial charge in [0.25, 0.3) is 0 Å². The largest absolute Gasteiger partial charge is 0.310 e. The van der Waals surface area contributed by atoms with Gasteiger partial charge in [0, 0.05) is 13.1 Å². The lowest BCUT2D eigenvalue weighted by molar-refractivity contribution is -0.116. The fourth-order valence-corrected chi connectivity index (χ4v) is 3.32. The van der Waals surface area contributed by atoms with Crippen LogP contribution in [0.15, 0.2) is 41.4 Å². The minimum Gasteiger partial charge on any atom is -0.310 e. The van der Waals surface area contributed by atoms with Crippen molar-refractivity contribution in [2.24, 2.45) is 0 Å². The first-order chi connectivity index (χ1) is 11.8. The topological polar surface area (TPSA) is 84.3 Å². The summed E-state index contributed by atoms with van der Waals surface area (Å²) in [6.45, 7) is 3.60. The smallest absolute Gasteiger partial charge is 0.243 e. The number of aromatic nitrogens is 2. The van der Waals surface area contributed by atoms with Crippen LogP contribution < -0.4 is 5.32 Å². The quantitative estimate of drug-likeness (QED) is 0.812. The molecule has 25 heavy (non-hydrogen) atoms. The lowest BCUT2D eigenvalue weighted by Crippen LogP contribution is -2.35. The average molecular weight is 368 g/mol. The number of sulfonamides is 1. The van der Waals surface area contributed by atoms with E-state index in [1.165, 1.54) is 7.05 Å². The Bertz CT molecular complexity index is 833. The summed E-state index contributed by atoms with van der Waals surface area (Å²) in [5.41, 5.74) is 0. The van der Waals surface area contributed by atoms with Crippen molar-refractivity contribution in [2.75, 3.05) is 18.9 Å². The molecular weight excluding hydrogens is 347 g/mol. The maximum atomic E-state index is 12.9. The molecule has 1 unspecified atom stereocenters. The van der Waals surface area contributed by atoms with Crippen LogP contribution in [0.5, 0.6) is 0 Å². The normalized spacial score (nSPS) is 13.0. The molecule has 1 heterocycles. The van der Waals surface area contributed by atoms with Gasteiger partial charge in [-0.25, -0.2) is 17.5 Å². The van der Waals surface area contributed by atoms with E-state index in [1.54, 1.807) is 16.9 Å². The molecule has 0 aliphatic heterocycles. The average Bonchev–Trinajstić information content (AvgIpc) is 3.02. The third-order valence-corrected chi connectivity index (χ3v) is 5.65. The maximum absolute atomic E-state index is 12.9. The first-order valence-electron chi connectivity index (χ1n) is 7.81. The third-order valence-electron chi connectivity index (χ3n) is 3.83. The highest BCUT2D eigenvalue weighted by molar-refractivity contribution is 7.89. The molecular formula is C16H21FN4O3S. The number of benzene rings is 1. The minimum atomic E-state index is -3.88. The Labute approximate surface area is 146 Å². The third kappa shape index (κ3) is 4.43. The first-order valence-corrected chi connectivity index (χ1v) is 9.25. The molecule has 1 amide bonds. The summed E-state index contributed by atoms with van der Waals surface area (Å²) in [6.07, 6.45) is 2.41. The molecule has 0 bridgehead atoms.